The molecule has 0 bridgehead atoms. The highest BCUT2D eigenvalue weighted by Crippen LogP contribution is 2.17. The molecule has 5 heteroatoms. The topological polar surface area (TPSA) is 64.1 Å². The predicted molar refractivity (Wildman–Crippen MR) is 44.6 cm³/mol. The fourth-order valence-corrected chi connectivity index (χ4v) is 1.08. The molecule has 0 spiro atoms. The number of hydrogen-bond acceptors (Lipinski definition) is 4. The van der Waals surface area contributed by atoms with E-state index >= 15 is 0 Å². The SMILES string of the molecule is Cn1cc(-c2cc(CO)on2)cn1. The van der Waals surface area contributed by atoms with Crippen molar-refractivity contribution in [3.8, 4) is 11.3 Å². The van der Waals surface area contributed by atoms with Gasteiger partial charge in [-0.3, -0.25) is 4.68 Å². The lowest BCUT2D eigenvalue weighted by atomic mass is 10.2. The molecule has 5 nitrogen and oxygen atoms in total. The largest absolute Gasteiger partial charge is 0.388 e. The van der Waals surface area contributed by atoms with Crippen LogP contribution in [-0.2, 0) is 13.7 Å². The van der Waals surface area contributed by atoms with Crippen molar-refractivity contribution in [3.05, 3.63) is 24.2 Å². The zero-order valence-electron chi connectivity index (χ0n) is 7.14. The van der Waals surface area contributed by atoms with E-state index in [1.165, 1.54) is 0 Å². The van der Waals surface area contributed by atoms with E-state index < -0.39 is 0 Å². The fraction of sp³-hybridized carbons (Fsp3) is 0.250. The summed E-state index contributed by atoms with van der Waals surface area (Å²) in [5.41, 5.74) is 1.57. The van der Waals surface area contributed by atoms with Crippen LogP contribution in [0.3, 0.4) is 0 Å². The van der Waals surface area contributed by atoms with Crippen molar-refractivity contribution in [3.63, 3.8) is 0 Å². The highest BCUT2D eigenvalue weighted by Gasteiger charge is 2.06. The van der Waals surface area contributed by atoms with E-state index in [1.54, 1.807) is 16.9 Å². The van der Waals surface area contributed by atoms with Crippen LogP contribution in [0.2, 0.25) is 0 Å². The monoisotopic (exact) mass is 179 g/mol. The Kier molecular flexibility index (Phi) is 1.86. The molecule has 0 fully saturated rings. The first-order valence-electron chi connectivity index (χ1n) is 3.85. The Morgan fingerprint density at radius 3 is 3.00 bits per heavy atom. The molecule has 0 saturated carbocycles. The van der Waals surface area contributed by atoms with E-state index in [-0.39, 0.29) is 6.61 Å². The number of hydrogen-bond donors (Lipinski definition) is 1. The maximum atomic E-state index is 8.75. The Balaban J connectivity index is 2.35. The Morgan fingerprint density at radius 2 is 2.46 bits per heavy atom. The van der Waals surface area contributed by atoms with Gasteiger partial charge in [-0.05, 0) is 0 Å². The van der Waals surface area contributed by atoms with Crippen LogP contribution in [0.15, 0.2) is 23.0 Å². The third-order valence-corrected chi connectivity index (χ3v) is 1.72. The van der Waals surface area contributed by atoms with Crippen LogP contribution in [0.5, 0.6) is 0 Å². The molecule has 2 rings (SSSR count). The van der Waals surface area contributed by atoms with Crippen molar-refractivity contribution in [2.24, 2.45) is 7.05 Å². The molecular formula is C8H9N3O2. The first-order chi connectivity index (χ1) is 6.29. The molecule has 0 saturated heterocycles. The van der Waals surface area contributed by atoms with Crippen molar-refractivity contribution in [1.29, 1.82) is 0 Å². The smallest absolute Gasteiger partial charge is 0.162 e. The second-order valence-corrected chi connectivity index (χ2v) is 2.74. The van der Waals surface area contributed by atoms with Gasteiger partial charge in [0.2, 0.25) is 0 Å². The molecule has 0 unspecified atom stereocenters. The summed E-state index contributed by atoms with van der Waals surface area (Å²) >= 11 is 0. The van der Waals surface area contributed by atoms with Gasteiger partial charge in [0, 0.05) is 24.9 Å². The number of rotatable bonds is 2. The van der Waals surface area contributed by atoms with E-state index in [0.29, 0.717) is 11.5 Å². The normalized spacial score (nSPS) is 10.6. The van der Waals surface area contributed by atoms with E-state index in [9.17, 15) is 0 Å². The Morgan fingerprint density at radius 1 is 1.62 bits per heavy atom. The molecule has 0 amide bonds. The lowest BCUT2D eigenvalue weighted by Crippen LogP contribution is -1.84. The lowest BCUT2D eigenvalue weighted by molar-refractivity contribution is 0.229. The van der Waals surface area contributed by atoms with Gasteiger partial charge < -0.3 is 9.63 Å². The molecule has 0 aliphatic rings. The quantitative estimate of drug-likeness (QED) is 0.731. The van der Waals surface area contributed by atoms with Gasteiger partial charge in [-0.1, -0.05) is 5.16 Å². The summed E-state index contributed by atoms with van der Waals surface area (Å²) in [6, 6.07) is 1.69. The van der Waals surface area contributed by atoms with Gasteiger partial charge in [-0.15, -0.1) is 0 Å². The maximum absolute atomic E-state index is 8.75. The summed E-state index contributed by atoms with van der Waals surface area (Å²) in [6.07, 6.45) is 3.53. The molecule has 0 aliphatic carbocycles. The molecule has 2 aromatic heterocycles. The molecule has 2 heterocycles. The Labute approximate surface area is 74.6 Å². The molecule has 68 valence electrons. The average molecular weight is 179 g/mol. The van der Waals surface area contributed by atoms with E-state index in [2.05, 4.69) is 10.3 Å². The van der Waals surface area contributed by atoms with Gasteiger partial charge in [0.15, 0.2) is 5.76 Å². The van der Waals surface area contributed by atoms with Crippen LogP contribution >= 0.6 is 0 Å². The number of aliphatic hydroxyl groups is 1. The summed E-state index contributed by atoms with van der Waals surface area (Å²) in [5, 5.41) is 16.5. The van der Waals surface area contributed by atoms with Crippen molar-refractivity contribution < 1.29 is 9.63 Å². The fourth-order valence-electron chi connectivity index (χ4n) is 1.08. The molecule has 0 radical (unpaired) electrons. The van der Waals surface area contributed by atoms with Crippen molar-refractivity contribution >= 4 is 0 Å². The molecule has 13 heavy (non-hydrogen) atoms. The molecule has 0 aromatic carbocycles. The third kappa shape index (κ3) is 1.46. The molecule has 1 N–H and O–H groups in total. The number of aromatic nitrogens is 3. The highest BCUT2D eigenvalue weighted by molar-refractivity contribution is 5.56. The summed E-state index contributed by atoms with van der Waals surface area (Å²) < 4.78 is 6.52. The van der Waals surface area contributed by atoms with Crippen molar-refractivity contribution in [2.75, 3.05) is 0 Å². The van der Waals surface area contributed by atoms with Gasteiger partial charge >= 0.3 is 0 Å². The second kappa shape index (κ2) is 3.02. The first-order valence-corrected chi connectivity index (χ1v) is 3.85. The van der Waals surface area contributed by atoms with E-state index in [1.807, 2.05) is 13.2 Å². The van der Waals surface area contributed by atoms with E-state index in [4.69, 9.17) is 9.63 Å². The van der Waals surface area contributed by atoms with E-state index in [0.717, 1.165) is 5.56 Å². The minimum atomic E-state index is -0.132. The molecule has 0 aliphatic heterocycles. The Bertz CT molecular complexity index is 405. The van der Waals surface area contributed by atoms with Gasteiger partial charge in [-0.2, -0.15) is 5.10 Å². The van der Waals surface area contributed by atoms with Crippen LogP contribution in [-0.4, -0.2) is 20.0 Å². The highest BCUT2D eigenvalue weighted by atomic mass is 16.5. The summed E-state index contributed by atoms with van der Waals surface area (Å²) in [5.74, 6) is 0.457. The zero-order valence-corrected chi connectivity index (χ0v) is 7.14. The van der Waals surface area contributed by atoms with Crippen LogP contribution in [0.4, 0.5) is 0 Å². The minimum absolute atomic E-state index is 0.132. The zero-order chi connectivity index (χ0) is 9.26. The summed E-state index contributed by atoms with van der Waals surface area (Å²) in [6.45, 7) is -0.132. The summed E-state index contributed by atoms with van der Waals surface area (Å²) in [4.78, 5) is 0. The molecule has 2 aromatic rings. The minimum Gasteiger partial charge on any atom is -0.388 e. The van der Waals surface area contributed by atoms with Gasteiger partial charge in [0.05, 0.1) is 6.20 Å². The number of aliphatic hydroxyl groups excluding tert-OH is 1. The predicted octanol–water partition coefficient (Wildman–Crippen LogP) is 0.567. The third-order valence-electron chi connectivity index (χ3n) is 1.72. The van der Waals surface area contributed by atoms with Gasteiger partial charge in [-0.25, -0.2) is 0 Å². The standard InChI is InChI=1S/C8H9N3O2/c1-11-4-6(3-9-11)8-2-7(5-12)13-10-8/h2-4,12H,5H2,1H3. The number of aryl methyl sites for hydroxylation is 1. The Hall–Kier alpha value is -1.62. The molecule has 0 atom stereocenters. The first kappa shape index (κ1) is 8.00. The maximum Gasteiger partial charge on any atom is 0.162 e. The van der Waals surface area contributed by atoms with Crippen molar-refractivity contribution in [1.82, 2.24) is 14.9 Å². The molecular weight excluding hydrogens is 170 g/mol. The summed E-state index contributed by atoms with van der Waals surface area (Å²) in [7, 11) is 1.83. The van der Waals surface area contributed by atoms with Crippen molar-refractivity contribution in [2.45, 2.75) is 6.61 Å². The van der Waals surface area contributed by atoms with Crippen LogP contribution in [0, 0.1) is 0 Å². The van der Waals surface area contributed by atoms with Crippen LogP contribution in [0.1, 0.15) is 5.76 Å². The number of nitrogens with zero attached hydrogens (tertiary/aromatic N) is 3. The van der Waals surface area contributed by atoms with Gasteiger partial charge in [0.25, 0.3) is 0 Å². The second-order valence-electron chi connectivity index (χ2n) is 2.74. The lowest BCUT2D eigenvalue weighted by Gasteiger charge is -1.83. The van der Waals surface area contributed by atoms with Crippen LogP contribution < -0.4 is 0 Å². The average Bonchev–Trinajstić information content (AvgIpc) is 2.71. The van der Waals surface area contributed by atoms with Gasteiger partial charge in [0.1, 0.15) is 12.3 Å². The van der Waals surface area contributed by atoms with Crippen LogP contribution in [0.25, 0.3) is 11.3 Å².